The lowest BCUT2D eigenvalue weighted by molar-refractivity contribution is -0.111. The van der Waals surface area contributed by atoms with Crippen LogP contribution in [0.4, 0.5) is 4.39 Å². The number of aliphatic imine (C=N–C) groups is 1. The number of benzene rings is 1. The Labute approximate surface area is 201 Å². The second-order valence-electron chi connectivity index (χ2n) is 8.21. The van der Waals surface area contributed by atoms with Crippen LogP contribution in [0.5, 0.6) is 5.75 Å². The van der Waals surface area contributed by atoms with Crippen molar-refractivity contribution >= 4 is 17.1 Å². The minimum atomic E-state index is -0.363. The molecule has 1 aliphatic carbocycles. The van der Waals surface area contributed by atoms with Crippen LogP contribution in [-0.4, -0.2) is 18.1 Å². The average molecular weight is 458 g/mol. The normalized spacial score (nSPS) is 13.6. The third-order valence-corrected chi connectivity index (χ3v) is 4.92. The third kappa shape index (κ3) is 13.0. The van der Waals surface area contributed by atoms with Crippen LogP contribution < -0.4 is 4.74 Å². The second kappa shape index (κ2) is 18.0. The Morgan fingerprint density at radius 3 is 2.12 bits per heavy atom. The molecular weight excluding hydrogens is 413 g/mol. The molecule has 4 heteroatoms. The number of nitrogens with zero attached hydrogens (tertiary/aromatic N) is 1. The highest BCUT2D eigenvalue weighted by molar-refractivity contribution is 6.38. The SMILES string of the molecule is CC(=O)C(C)=N/C(C)=C(\C)c1ccc(OCC2=CCCC=C2)cc1F.CCC.CCCCC. The third-order valence-electron chi connectivity index (χ3n) is 4.92. The van der Waals surface area contributed by atoms with Gasteiger partial charge in [0.25, 0.3) is 0 Å². The number of halogens is 1. The molecule has 3 nitrogen and oxygen atoms in total. The zero-order valence-electron chi connectivity index (χ0n) is 22.1. The Bertz CT molecular complexity index is 845. The molecule has 0 fully saturated rings. The summed E-state index contributed by atoms with van der Waals surface area (Å²) in [4.78, 5) is 15.5. The van der Waals surface area contributed by atoms with E-state index >= 15 is 0 Å². The van der Waals surface area contributed by atoms with Crippen LogP contribution in [0.15, 0.2) is 52.7 Å². The van der Waals surface area contributed by atoms with Crippen molar-refractivity contribution in [3.63, 3.8) is 0 Å². The highest BCUT2D eigenvalue weighted by Crippen LogP contribution is 2.26. The molecule has 0 radical (unpaired) electrons. The molecule has 0 saturated heterocycles. The Balaban J connectivity index is 0.00000111. The first-order valence-electron chi connectivity index (χ1n) is 12.2. The molecular formula is C29H44FNO2. The summed E-state index contributed by atoms with van der Waals surface area (Å²) in [6.07, 6.45) is 13.7. The molecule has 0 spiro atoms. The van der Waals surface area contributed by atoms with Gasteiger partial charge in [-0.1, -0.05) is 71.6 Å². The Morgan fingerprint density at radius 1 is 1.03 bits per heavy atom. The topological polar surface area (TPSA) is 38.7 Å². The van der Waals surface area contributed by atoms with Crippen molar-refractivity contribution in [2.75, 3.05) is 6.61 Å². The molecule has 0 bridgehead atoms. The van der Waals surface area contributed by atoms with Gasteiger partial charge in [0.05, 0.1) is 5.71 Å². The van der Waals surface area contributed by atoms with Crippen LogP contribution in [-0.2, 0) is 4.79 Å². The number of hydrogen-bond acceptors (Lipinski definition) is 3. The van der Waals surface area contributed by atoms with Gasteiger partial charge in [0.2, 0.25) is 0 Å². The molecule has 1 aromatic rings. The van der Waals surface area contributed by atoms with Crippen molar-refractivity contribution in [3.8, 4) is 5.75 Å². The summed E-state index contributed by atoms with van der Waals surface area (Å²) in [6, 6.07) is 4.83. The van der Waals surface area contributed by atoms with E-state index in [1.54, 1.807) is 32.9 Å². The van der Waals surface area contributed by atoms with Gasteiger partial charge in [-0.25, -0.2) is 4.39 Å². The van der Waals surface area contributed by atoms with E-state index in [1.165, 1.54) is 38.7 Å². The lowest BCUT2D eigenvalue weighted by Crippen LogP contribution is -2.04. The first kappa shape index (κ1) is 30.5. The molecule has 184 valence electrons. The number of unbranched alkanes of at least 4 members (excludes halogenated alkanes) is 2. The maximum atomic E-state index is 14.5. The first-order valence-corrected chi connectivity index (χ1v) is 12.2. The quantitative estimate of drug-likeness (QED) is 0.366. The Hall–Kier alpha value is -2.49. The van der Waals surface area contributed by atoms with Gasteiger partial charge < -0.3 is 4.74 Å². The van der Waals surface area contributed by atoms with Crippen LogP contribution in [0.3, 0.4) is 0 Å². The number of carbonyl (C=O) groups is 1. The molecule has 0 aromatic heterocycles. The van der Waals surface area contributed by atoms with Crippen LogP contribution in [0.25, 0.3) is 5.57 Å². The highest BCUT2D eigenvalue weighted by atomic mass is 19.1. The van der Waals surface area contributed by atoms with Crippen LogP contribution in [0.1, 0.15) is 99.5 Å². The molecule has 1 aliphatic rings. The van der Waals surface area contributed by atoms with Crippen molar-refractivity contribution in [1.82, 2.24) is 0 Å². The van der Waals surface area contributed by atoms with Crippen LogP contribution >= 0.6 is 0 Å². The summed E-state index contributed by atoms with van der Waals surface area (Å²) in [5.41, 5.74) is 3.30. The van der Waals surface area contributed by atoms with E-state index in [-0.39, 0.29) is 11.6 Å². The number of Topliss-reactive ketones (excluding diaryl/α,β-unsaturated/α-hetero) is 1. The Kier molecular flexibility index (Phi) is 16.6. The molecule has 0 aliphatic heterocycles. The molecule has 0 heterocycles. The zero-order valence-corrected chi connectivity index (χ0v) is 22.1. The summed E-state index contributed by atoms with van der Waals surface area (Å²) in [7, 11) is 0. The lowest BCUT2D eigenvalue weighted by Gasteiger charge is -2.12. The van der Waals surface area contributed by atoms with Gasteiger partial charge in [0.1, 0.15) is 18.2 Å². The van der Waals surface area contributed by atoms with E-state index in [2.05, 4.69) is 44.8 Å². The van der Waals surface area contributed by atoms with Crippen molar-refractivity contribution in [1.29, 1.82) is 0 Å². The van der Waals surface area contributed by atoms with E-state index in [9.17, 15) is 9.18 Å². The maximum absolute atomic E-state index is 14.5. The van der Waals surface area contributed by atoms with Crippen molar-refractivity contribution in [2.45, 2.75) is 93.9 Å². The van der Waals surface area contributed by atoms with Gasteiger partial charge in [-0.3, -0.25) is 9.79 Å². The number of rotatable bonds is 8. The fourth-order valence-electron chi connectivity index (χ4n) is 2.79. The van der Waals surface area contributed by atoms with E-state index in [1.807, 2.05) is 6.08 Å². The van der Waals surface area contributed by atoms with Crippen LogP contribution in [0.2, 0.25) is 0 Å². The van der Waals surface area contributed by atoms with E-state index in [0.717, 1.165) is 18.4 Å². The van der Waals surface area contributed by atoms with E-state index < -0.39 is 0 Å². The minimum absolute atomic E-state index is 0.0950. The standard InChI is InChI=1S/C21H24FNO2.C5H12.C3H8/c1-14(15(2)23-16(3)17(4)24)20-11-10-19(12-21(20)22)25-13-18-8-6-5-7-9-18;1-3-5-4-2;1-3-2/h6,8-12H,5,7,13H2,1-4H3;3-5H2,1-2H3;3H2,1-2H3/b15-14+,23-16?;;. The van der Waals surface area contributed by atoms with E-state index in [0.29, 0.717) is 34.9 Å². The maximum Gasteiger partial charge on any atom is 0.173 e. The summed E-state index contributed by atoms with van der Waals surface area (Å²) >= 11 is 0. The number of ketones is 1. The molecule has 0 amide bonds. The predicted molar refractivity (Wildman–Crippen MR) is 142 cm³/mol. The molecule has 33 heavy (non-hydrogen) atoms. The summed E-state index contributed by atoms with van der Waals surface area (Å²) in [5, 5.41) is 0. The van der Waals surface area contributed by atoms with Gasteiger partial charge >= 0.3 is 0 Å². The zero-order chi connectivity index (χ0) is 25.2. The number of ether oxygens (including phenoxy) is 1. The monoisotopic (exact) mass is 457 g/mol. The predicted octanol–water partition coefficient (Wildman–Crippen LogP) is 8.89. The minimum Gasteiger partial charge on any atom is -0.489 e. The van der Waals surface area contributed by atoms with Crippen molar-refractivity contribution in [2.24, 2.45) is 4.99 Å². The van der Waals surface area contributed by atoms with Gasteiger partial charge in [-0.2, -0.15) is 0 Å². The Morgan fingerprint density at radius 2 is 1.67 bits per heavy atom. The fourth-order valence-corrected chi connectivity index (χ4v) is 2.79. The molecule has 0 N–H and O–H groups in total. The first-order chi connectivity index (χ1) is 15.7. The van der Waals surface area contributed by atoms with Gasteiger partial charge in [0, 0.05) is 24.3 Å². The molecule has 0 unspecified atom stereocenters. The summed E-state index contributed by atoms with van der Waals surface area (Å²) in [6.45, 7) is 15.8. The molecule has 0 saturated carbocycles. The summed E-state index contributed by atoms with van der Waals surface area (Å²) in [5.74, 6) is 0.0376. The lowest BCUT2D eigenvalue weighted by atomic mass is 10.0. The summed E-state index contributed by atoms with van der Waals surface area (Å²) < 4.78 is 20.1. The smallest absolute Gasteiger partial charge is 0.173 e. The number of allylic oxidation sites excluding steroid dienone is 4. The van der Waals surface area contributed by atoms with Crippen molar-refractivity contribution in [3.05, 3.63) is 59.1 Å². The number of carbonyl (C=O) groups excluding carboxylic acids is 1. The van der Waals surface area contributed by atoms with E-state index in [4.69, 9.17) is 4.74 Å². The number of hydrogen-bond donors (Lipinski definition) is 0. The average Bonchev–Trinajstić information content (AvgIpc) is 2.79. The van der Waals surface area contributed by atoms with Gasteiger partial charge in [-0.15, -0.1) is 0 Å². The molecule has 1 aromatic carbocycles. The molecule has 2 rings (SSSR count). The van der Waals surface area contributed by atoms with Gasteiger partial charge in [0.15, 0.2) is 5.78 Å². The molecule has 0 atom stereocenters. The largest absolute Gasteiger partial charge is 0.489 e. The highest BCUT2D eigenvalue weighted by Gasteiger charge is 2.10. The van der Waals surface area contributed by atoms with Gasteiger partial charge in [-0.05, 0) is 56.9 Å². The second-order valence-corrected chi connectivity index (χ2v) is 8.21. The van der Waals surface area contributed by atoms with Crippen LogP contribution in [0, 0.1) is 5.82 Å². The fraction of sp³-hybridized carbons (Fsp3) is 0.517. The van der Waals surface area contributed by atoms with Crippen molar-refractivity contribution < 1.29 is 13.9 Å².